The van der Waals surface area contributed by atoms with Crippen LogP contribution >= 0.6 is 0 Å². The number of nitrogens with zero attached hydrogens (tertiary/aromatic N) is 2. The molecule has 5 heteroatoms. The Labute approximate surface area is 153 Å². The first-order valence-electron chi connectivity index (χ1n) is 8.69. The smallest absolute Gasteiger partial charge is 0.354 e. The van der Waals surface area contributed by atoms with Gasteiger partial charge < -0.3 is 14.2 Å². The Morgan fingerprint density at radius 1 is 1.27 bits per heavy atom. The van der Waals surface area contributed by atoms with Gasteiger partial charge in [0.25, 0.3) is 0 Å². The third-order valence-electron chi connectivity index (χ3n) is 4.74. The predicted octanol–water partition coefficient (Wildman–Crippen LogP) is 3.21. The number of methoxy groups -OCH3 is 1. The lowest BCUT2D eigenvalue weighted by Gasteiger charge is -2.20. The first-order valence-corrected chi connectivity index (χ1v) is 8.69. The van der Waals surface area contributed by atoms with E-state index in [0.717, 1.165) is 28.7 Å². The van der Waals surface area contributed by atoms with Crippen LogP contribution in [0.3, 0.4) is 0 Å². The summed E-state index contributed by atoms with van der Waals surface area (Å²) in [4.78, 5) is 27.3. The van der Waals surface area contributed by atoms with Gasteiger partial charge in [-0.3, -0.25) is 4.79 Å². The SMILES string of the molecule is COC(=O)c1cc2c(n1Cc1ccccc1C)C(=O)/C(=C/N(C)C)CC2. The van der Waals surface area contributed by atoms with Crippen LogP contribution in [-0.4, -0.2) is 42.4 Å². The number of carbonyl (C=O) groups excluding carboxylic acids is 2. The van der Waals surface area contributed by atoms with Crippen LogP contribution in [0.25, 0.3) is 0 Å². The van der Waals surface area contributed by atoms with Crippen molar-refractivity contribution in [2.45, 2.75) is 26.3 Å². The molecule has 136 valence electrons. The number of allylic oxidation sites excluding steroid dienone is 1. The fourth-order valence-corrected chi connectivity index (χ4v) is 3.43. The highest BCUT2D eigenvalue weighted by molar-refractivity contribution is 6.10. The molecule has 3 rings (SSSR count). The molecule has 1 aliphatic rings. The molecule has 0 amide bonds. The maximum Gasteiger partial charge on any atom is 0.354 e. The maximum absolute atomic E-state index is 13.1. The number of ketones is 1. The Balaban J connectivity index is 2.13. The van der Waals surface area contributed by atoms with Gasteiger partial charge in [0.1, 0.15) is 5.69 Å². The van der Waals surface area contributed by atoms with E-state index >= 15 is 0 Å². The van der Waals surface area contributed by atoms with Crippen molar-refractivity contribution >= 4 is 11.8 Å². The Bertz CT molecular complexity index is 891. The summed E-state index contributed by atoms with van der Waals surface area (Å²) in [6.07, 6.45) is 3.29. The molecule has 0 N–H and O–H groups in total. The number of aromatic nitrogens is 1. The Kier molecular flexibility index (Phi) is 4.98. The van der Waals surface area contributed by atoms with Gasteiger partial charge in [-0.15, -0.1) is 0 Å². The number of fused-ring (bicyclic) bond motifs is 1. The molecular weight excluding hydrogens is 328 g/mol. The van der Waals surface area contributed by atoms with Crippen molar-refractivity contribution in [1.29, 1.82) is 0 Å². The summed E-state index contributed by atoms with van der Waals surface area (Å²) in [5.41, 5.74) is 4.92. The van der Waals surface area contributed by atoms with Crippen molar-refractivity contribution in [2.75, 3.05) is 21.2 Å². The number of rotatable bonds is 4. The highest BCUT2D eigenvalue weighted by atomic mass is 16.5. The summed E-state index contributed by atoms with van der Waals surface area (Å²) in [6, 6.07) is 9.81. The highest BCUT2D eigenvalue weighted by Gasteiger charge is 2.30. The highest BCUT2D eigenvalue weighted by Crippen LogP contribution is 2.30. The number of carbonyl (C=O) groups is 2. The summed E-state index contributed by atoms with van der Waals surface area (Å²) in [6.45, 7) is 2.50. The molecule has 5 nitrogen and oxygen atoms in total. The number of Topliss-reactive ketones (excluding diaryl/α,β-unsaturated/α-hetero) is 1. The van der Waals surface area contributed by atoms with Crippen LogP contribution < -0.4 is 0 Å². The van der Waals surface area contributed by atoms with E-state index in [1.54, 1.807) is 0 Å². The number of benzene rings is 1. The van der Waals surface area contributed by atoms with E-state index in [0.29, 0.717) is 24.4 Å². The quantitative estimate of drug-likeness (QED) is 0.626. The molecule has 0 radical (unpaired) electrons. The minimum atomic E-state index is -0.418. The average Bonchev–Trinajstić information content (AvgIpc) is 2.97. The number of hydrogen-bond acceptors (Lipinski definition) is 4. The van der Waals surface area contributed by atoms with Crippen molar-refractivity contribution in [3.8, 4) is 0 Å². The van der Waals surface area contributed by atoms with Crippen LogP contribution in [0.1, 0.15) is 44.1 Å². The van der Waals surface area contributed by atoms with Crippen molar-refractivity contribution in [3.05, 3.63) is 70.2 Å². The molecule has 1 aromatic carbocycles. The minimum Gasteiger partial charge on any atom is -0.464 e. The zero-order chi connectivity index (χ0) is 18.8. The molecule has 0 unspecified atom stereocenters. The number of aryl methyl sites for hydroxylation is 2. The van der Waals surface area contributed by atoms with Gasteiger partial charge in [0, 0.05) is 32.4 Å². The molecular formula is C21H24N2O3. The normalized spacial score (nSPS) is 15.1. The molecule has 0 bridgehead atoms. The lowest BCUT2D eigenvalue weighted by Crippen LogP contribution is -2.22. The molecule has 0 fully saturated rings. The monoisotopic (exact) mass is 352 g/mol. The zero-order valence-electron chi connectivity index (χ0n) is 15.7. The number of hydrogen-bond donors (Lipinski definition) is 0. The van der Waals surface area contributed by atoms with Crippen LogP contribution in [-0.2, 0) is 17.7 Å². The summed E-state index contributed by atoms with van der Waals surface area (Å²) in [7, 11) is 5.18. The first-order chi connectivity index (χ1) is 12.4. The van der Waals surface area contributed by atoms with E-state index in [9.17, 15) is 9.59 Å². The van der Waals surface area contributed by atoms with E-state index in [2.05, 4.69) is 0 Å². The Hall–Kier alpha value is -2.82. The van der Waals surface area contributed by atoms with Gasteiger partial charge in [0.05, 0.1) is 12.8 Å². The Morgan fingerprint density at radius 3 is 2.65 bits per heavy atom. The minimum absolute atomic E-state index is 0.0105. The van der Waals surface area contributed by atoms with Gasteiger partial charge in [-0.2, -0.15) is 0 Å². The molecule has 2 aromatic rings. The third-order valence-corrected chi connectivity index (χ3v) is 4.74. The molecule has 0 saturated carbocycles. The summed E-state index contributed by atoms with van der Waals surface area (Å²) < 4.78 is 6.77. The van der Waals surface area contributed by atoms with Gasteiger partial charge in [-0.05, 0) is 42.5 Å². The second-order valence-electron chi connectivity index (χ2n) is 6.85. The third kappa shape index (κ3) is 3.29. The second-order valence-corrected chi connectivity index (χ2v) is 6.85. The van der Waals surface area contributed by atoms with Gasteiger partial charge in [0.15, 0.2) is 0 Å². The standard InChI is InChI=1S/C21H24N2O3/c1-14-7-5-6-8-16(14)13-23-18(21(25)26-4)11-15-9-10-17(12-22(2)3)20(24)19(15)23/h5-8,11-12H,9-10,13H2,1-4H3/b17-12+. The van der Waals surface area contributed by atoms with Crippen LogP contribution in [0, 0.1) is 6.92 Å². The molecule has 0 spiro atoms. The zero-order valence-corrected chi connectivity index (χ0v) is 15.7. The van der Waals surface area contributed by atoms with Crippen LogP contribution in [0.5, 0.6) is 0 Å². The summed E-state index contributed by atoms with van der Waals surface area (Å²) in [5.74, 6) is -0.428. The fourth-order valence-electron chi connectivity index (χ4n) is 3.43. The van der Waals surface area contributed by atoms with E-state index < -0.39 is 5.97 Å². The average molecular weight is 352 g/mol. The molecule has 26 heavy (non-hydrogen) atoms. The molecule has 0 atom stereocenters. The second kappa shape index (κ2) is 7.20. The molecule has 1 aromatic heterocycles. The Morgan fingerprint density at radius 2 is 2.00 bits per heavy atom. The maximum atomic E-state index is 13.1. The van der Waals surface area contributed by atoms with Crippen molar-refractivity contribution in [3.63, 3.8) is 0 Å². The van der Waals surface area contributed by atoms with Gasteiger partial charge in [-0.1, -0.05) is 24.3 Å². The van der Waals surface area contributed by atoms with E-state index in [4.69, 9.17) is 4.74 Å². The molecule has 0 saturated heterocycles. The van der Waals surface area contributed by atoms with Crippen molar-refractivity contribution in [2.24, 2.45) is 0 Å². The van der Waals surface area contributed by atoms with Crippen molar-refractivity contribution < 1.29 is 14.3 Å². The van der Waals surface area contributed by atoms with Crippen LogP contribution in [0.2, 0.25) is 0 Å². The number of esters is 1. The van der Waals surface area contributed by atoms with Gasteiger partial charge >= 0.3 is 5.97 Å². The van der Waals surface area contributed by atoms with E-state index in [-0.39, 0.29) is 5.78 Å². The molecule has 1 heterocycles. The van der Waals surface area contributed by atoms with Crippen LogP contribution in [0.15, 0.2) is 42.1 Å². The van der Waals surface area contributed by atoms with Gasteiger partial charge in [0.2, 0.25) is 5.78 Å². The molecule has 0 aliphatic heterocycles. The largest absolute Gasteiger partial charge is 0.464 e. The van der Waals surface area contributed by atoms with Gasteiger partial charge in [-0.25, -0.2) is 4.79 Å². The number of ether oxygens (including phenoxy) is 1. The topological polar surface area (TPSA) is 51.5 Å². The van der Waals surface area contributed by atoms with E-state index in [1.165, 1.54) is 7.11 Å². The fraction of sp³-hybridized carbons (Fsp3) is 0.333. The lowest BCUT2D eigenvalue weighted by molar-refractivity contribution is 0.0589. The first kappa shape index (κ1) is 18.0. The summed E-state index contributed by atoms with van der Waals surface area (Å²) in [5, 5.41) is 0. The summed E-state index contributed by atoms with van der Waals surface area (Å²) >= 11 is 0. The van der Waals surface area contributed by atoms with E-state index in [1.807, 2.05) is 67.0 Å². The lowest BCUT2D eigenvalue weighted by atomic mass is 9.92. The predicted molar refractivity (Wildman–Crippen MR) is 100 cm³/mol. The molecule has 1 aliphatic carbocycles. The van der Waals surface area contributed by atoms with Crippen LogP contribution in [0.4, 0.5) is 0 Å². The van der Waals surface area contributed by atoms with Crippen molar-refractivity contribution in [1.82, 2.24) is 9.47 Å².